The number of nitro benzene ring substituents is 1. The predicted octanol–water partition coefficient (Wildman–Crippen LogP) is 1.64. The lowest BCUT2D eigenvalue weighted by atomic mass is 9.98. The number of anilines is 1. The predicted molar refractivity (Wildman–Crippen MR) is 74.2 cm³/mol. The normalized spacial score (nSPS) is 28.2. The number of hydrogen-bond donors (Lipinski definition) is 1. The Morgan fingerprint density at radius 2 is 2.20 bits per heavy atom. The minimum absolute atomic E-state index is 0.0672. The van der Waals surface area contributed by atoms with Gasteiger partial charge in [0.05, 0.1) is 16.6 Å². The number of nitriles is 1. The van der Waals surface area contributed by atoms with E-state index in [1.165, 1.54) is 12.1 Å². The van der Waals surface area contributed by atoms with Gasteiger partial charge >= 0.3 is 0 Å². The highest BCUT2D eigenvalue weighted by Crippen LogP contribution is 2.41. The lowest BCUT2D eigenvalue weighted by Crippen LogP contribution is -2.30. The Kier molecular flexibility index (Phi) is 3.07. The van der Waals surface area contributed by atoms with Gasteiger partial charge in [0.1, 0.15) is 5.69 Å². The molecule has 3 unspecified atom stereocenters. The summed E-state index contributed by atoms with van der Waals surface area (Å²) in [4.78, 5) is 12.8. The van der Waals surface area contributed by atoms with Gasteiger partial charge in [0, 0.05) is 25.2 Å². The Morgan fingerprint density at radius 3 is 2.85 bits per heavy atom. The molecule has 0 aromatic heterocycles. The quantitative estimate of drug-likeness (QED) is 0.652. The van der Waals surface area contributed by atoms with E-state index >= 15 is 0 Å². The van der Waals surface area contributed by atoms with Crippen molar-refractivity contribution in [3.05, 3.63) is 33.9 Å². The van der Waals surface area contributed by atoms with Gasteiger partial charge < -0.3 is 10.6 Å². The summed E-state index contributed by atoms with van der Waals surface area (Å²) in [5.74, 6) is 0.940. The van der Waals surface area contributed by atoms with Crippen molar-refractivity contribution in [2.75, 3.05) is 18.0 Å². The molecule has 0 bridgehead atoms. The second kappa shape index (κ2) is 4.76. The molecule has 0 amide bonds. The average molecular weight is 272 g/mol. The van der Waals surface area contributed by atoms with E-state index in [1.807, 2.05) is 11.0 Å². The van der Waals surface area contributed by atoms with E-state index in [0.29, 0.717) is 23.1 Å². The third-order valence-corrected chi connectivity index (χ3v) is 4.55. The van der Waals surface area contributed by atoms with Gasteiger partial charge in [0.15, 0.2) is 0 Å². The van der Waals surface area contributed by atoms with E-state index < -0.39 is 0 Å². The summed E-state index contributed by atoms with van der Waals surface area (Å²) in [6.45, 7) is 1.55. The Balaban J connectivity index is 1.94. The standard InChI is InChI=1S/C14H16N4O2/c15-6-9-1-4-13(18(19)20)14(5-9)17-7-10-2-3-12(16)11(10)8-17/h1,4-5,10-12H,2-3,7-8,16H2. The van der Waals surface area contributed by atoms with E-state index in [9.17, 15) is 10.1 Å². The molecule has 0 radical (unpaired) electrons. The van der Waals surface area contributed by atoms with Gasteiger partial charge in [-0.05, 0) is 36.8 Å². The lowest BCUT2D eigenvalue weighted by Gasteiger charge is -2.20. The van der Waals surface area contributed by atoms with Crippen molar-refractivity contribution in [3.63, 3.8) is 0 Å². The van der Waals surface area contributed by atoms with Gasteiger partial charge in [-0.15, -0.1) is 0 Å². The molecule has 1 heterocycles. The zero-order valence-corrected chi connectivity index (χ0v) is 11.0. The SMILES string of the molecule is N#Cc1ccc([N+](=O)[O-])c(N2CC3CCC(N)C3C2)c1. The fourth-order valence-corrected chi connectivity index (χ4v) is 3.50. The molecule has 20 heavy (non-hydrogen) atoms. The highest BCUT2D eigenvalue weighted by molar-refractivity contribution is 5.66. The van der Waals surface area contributed by atoms with Gasteiger partial charge in [-0.1, -0.05) is 0 Å². The summed E-state index contributed by atoms with van der Waals surface area (Å²) < 4.78 is 0. The number of rotatable bonds is 2. The van der Waals surface area contributed by atoms with Crippen LogP contribution in [-0.2, 0) is 0 Å². The van der Waals surface area contributed by atoms with E-state index in [0.717, 1.165) is 25.9 Å². The maximum Gasteiger partial charge on any atom is 0.292 e. The van der Waals surface area contributed by atoms with Crippen LogP contribution in [0, 0.1) is 33.3 Å². The van der Waals surface area contributed by atoms with Crippen molar-refractivity contribution >= 4 is 11.4 Å². The number of nitrogens with two attached hydrogens (primary N) is 1. The van der Waals surface area contributed by atoms with Crippen molar-refractivity contribution in [1.29, 1.82) is 5.26 Å². The third-order valence-electron chi connectivity index (χ3n) is 4.55. The molecule has 2 aliphatic rings. The van der Waals surface area contributed by atoms with Crippen molar-refractivity contribution in [1.82, 2.24) is 0 Å². The van der Waals surface area contributed by atoms with Crippen LogP contribution in [0.4, 0.5) is 11.4 Å². The molecular weight excluding hydrogens is 256 g/mol. The van der Waals surface area contributed by atoms with E-state index in [-0.39, 0.29) is 16.7 Å². The van der Waals surface area contributed by atoms with Crippen LogP contribution in [0.5, 0.6) is 0 Å². The van der Waals surface area contributed by atoms with Crippen LogP contribution in [-0.4, -0.2) is 24.1 Å². The number of nitro groups is 1. The monoisotopic (exact) mass is 272 g/mol. The Bertz CT molecular complexity index is 595. The lowest BCUT2D eigenvalue weighted by molar-refractivity contribution is -0.384. The molecule has 6 heteroatoms. The van der Waals surface area contributed by atoms with Crippen LogP contribution in [0.15, 0.2) is 18.2 Å². The molecule has 1 saturated carbocycles. The van der Waals surface area contributed by atoms with Gasteiger partial charge in [0.2, 0.25) is 0 Å². The molecule has 1 saturated heterocycles. The first-order valence-electron chi connectivity index (χ1n) is 6.79. The van der Waals surface area contributed by atoms with Crippen LogP contribution >= 0.6 is 0 Å². The minimum Gasteiger partial charge on any atom is -0.365 e. The Hall–Kier alpha value is -2.13. The van der Waals surface area contributed by atoms with Gasteiger partial charge in [-0.25, -0.2) is 0 Å². The van der Waals surface area contributed by atoms with Crippen molar-refractivity contribution in [3.8, 4) is 6.07 Å². The number of benzene rings is 1. The van der Waals surface area contributed by atoms with E-state index in [1.54, 1.807) is 6.07 Å². The highest BCUT2D eigenvalue weighted by Gasteiger charge is 2.42. The molecule has 1 aliphatic carbocycles. The van der Waals surface area contributed by atoms with Crippen LogP contribution in [0.1, 0.15) is 18.4 Å². The van der Waals surface area contributed by atoms with Gasteiger partial charge in [0.25, 0.3) is 5.69 Å². The molecule has 3 rings (SSSR count). The van der Waals surface area contributed by atoms with E-state index in [4.69, 9.17) is 11.0 Å². The number of nitrogens with zero attached hydrogens (tertiary/aromatic N) is 3. The molecule has 3 atom stereocenters. The van der Waals surface area contributed by atoms with Crippen LogP contribution < -0.4 is 10.6 Å². The molecule has 6 nitrogen and oxygen atoms in total. The Morgan fingerprint density at radius 1 is 1.40 bits per heavy atom. The minimum atomic E-state index is -0.384. The summed E-state index contributed by atoms with van der Waals surface area (Å²) in [5.41, 5.74) is 7.17. The Labute approximate surface area is 116 Å². The second-order valence-corrected chi connectivity index (χ2v) is 5.64. The van der Waals surface area contributed by atoms with Crippen LogP contribution in [0.3, 0.4) is 0 Å². The first kappa shape index (κ1) is 12.9. The molecule has 1 aliphatic heterocycles. The molecule has 0 spiro atoms. The van der Waals surface area contributed by atoms with Crippen molar-refractivity contribution < 1.29 is 4.92 Å². The molecule has 104 valence electrons. The molecule has 1 aromatic carbocycles. The highest BCUT2D eigenvalue weighted by atomic mass is 16.6. The summed E-state index contributed by atoms with van der Waals surface area (Å²) in [7, 11) is 0. The van der Waals surface area contributed by atoms with Crippen LogP contribution in [0.2, 0.25) is 0 Å². The number of hydrogen-bond acceptors (Lipinski definition) is 5. The average Bonchev–Trinajstić information content (AvgIpc) is 3.00. The fraction of sp³-hybridized carbons (Fsp3) is 0.500. The van der Waals surface area contributed by atoms with Crippen molar-refractivity contribution in [2.24, 2.45) is 17.6 Å². The summed E-state index contributed by atoms with van der Waals surface area (Å²) >= 11 is 0. The number of fused-ring (bicyclic) bond motifs is 1. The maximum absolute atomic E-state index is 11.2. The van der Waals surface area contributed by atoms with Gasteiger partial charge in [-0.2, -0.15) is 5.26 Å². The second-order valence-electron chi connectivity index (χ2n) is 5.64. The molecule has 2 N–H and O–H groups in total. The zero-order chi connectivity index (χ0) is 14.3. The first-order valence-corrected chi connectivity index (χ1v) is 6.79. The first-order chi connectivity index (χ1) is 9.60. The smallest absolute Gasteiger partial charge is 0.292 e. The summed E-state index contributed by atoms with van der Waals surface area (Å²) in [6, 6.07) is 6.76. The fourth-order valence-electron chi connectivity index (χ4n) is 3.50. The maximum atomic E-state index is 11.2. The molecule has 1 aromatic rings. The zero-order valence-electron chi connectivity index (χ0n) is 11.0. The molecular formula is C14H16N4O2. The van der Waals surface area contributed by atoms with Gasteiger partial charge in [-0.3, -0.25) is 10.1 Å². The summed E-state index contributed by atoms with van der Waals surface area (Å²) in [5, 5.41) is 20.1. The third kappa shape index (κ3) is 2.00. The van der Waals surface area contributed by atoms with Crippen molar-refractivity contribution in [2.45, 2.75) is 18.9 Å². The topological polar surface area (TPSA) is 96.2 Å². The molecule has 2 fully saturated rings. The summed E-state index contributed by atoms with van der Waals surface area (Å²) in [6.07, 6.45) is 2.14. The van der Waals surface area contributed by atoms with E-state index in [2.05, 4.69) is 0 Å². The van der Waals surface area contributed by atoms with Crippen LogP contribution in [0.25, 0.3) is 0 Å². The largest absolute Gasteiger partial charge is 0.365 e.